The van der Waals surface area contributed by atoms with Crippen LogP contribution < -0.4 is 10.5 Å². The number of tetrazole rings is 1. The van der Waals surface area contributed by atoms with Crippen LogP contribution in [0.4, 0.5) is 4.39 Å². The van der Waals surface area contributed by atoms with E-state index in [2.05, 4.69) is 15.5 Å². The summed E-state index contributed by atoms with van der Waals surface area (Å²) in [6.45, 7) is 0.275. The normalized spacial score (nSPS) is 11.6. The average Bonchev–Trinajstić information content (AvgIpc) is 2.87. The minimum absolute atomic E-state index is 0.137. The van der Waals surface area contributed by atoms with Gasteiger partial charge in [0.15, 0.2) is 5.82 Å². The molecule has 19 heavy (non-hydrogen) atoms. The number of hydrogen-bond acceptors (Lipinski definition) is 5. The number of nitrogens with zero attached hydrogens (tertiary/aromatic N) is 4. The lowest BCUT2D eigenvalue weighted by atomic mass is 10.2. The van der Waals surface area contributed by atoms with E-state index in [1.807, 2.05) is 12.1 Å². The molecular formula is C12H14FN5O. The molecule has 0 aliphatic carbocycles. The Morgan fingerprint density at radius 2 is 2.16 bits per heavy atom. The molecule has 6 nitrogen and oxygen atoms in total. The standard InChI is InChI=1S/C12H14FN5O/c1-18-12(15-16-17-18)10-2-4-11(5-3-10)19-8-9(6-13)7-14/h2-6H,7-8,14H2,1H3/b9-6+. The Morgan fingerprint density at radius 3 is 2.68 bits per heavy atom. The van der Waals surface area contributed by atoms with Gasteiger partial charge in [0, 0.05) is 24.7 Å². The van der Waals surface area contributed by atoms with Crippen molar-refractivity contribution in [3.8, 4) is 17.1 Å². The Morgan fingerprint density at radius 1 is 1.42 bits per heavy atom. The molecule has 1 heterocycles. The van der Waals surface area contributed by atoms with Gasteiger partial charge in [-0.05, 0) is 34.7 Å². The van der Waals surface area contributed by atoms with Crippen LogP contribution in [0.2, 0.25) is 0 Å². The van der Waals surface area contributed by atoms with E-state index in [4.69, 9.17) is 10.5 Å². The predicted molar refractivity (Wildman–Crippen MR) is 68.0 cm³/mol. The van der Waals surface area contributed by atoms with Gasteiger partial charge in [0.2, 0.25) is 0 Å². The van der Waals surface area contributed by atoms with Gasteiger partial charge in [0.05, 0.1) is 6.33 Å². The number of halogens is 1. The fourth-order valence-electron chi connectivity index (χ4n) is 1.49. The monoisotopic (exact) mass is 263 g/mol. The molecule has 0 saturated carbocycles. The van der Waals surface area contributed by atoms with Gasteiger partial charge in [-0.2, -0.15) is 0 Å². The molecule has 0 spiro atoms. The largest absolute Gasteiger partial charge is 0.489 e. The summed E-state index contributed by atoms with van der Waals surface area (Å²) in [5, 5.41) is 11.2. The third kappa shape index (κ3) is 3.14. The number of benzene rings is 1. The third-order valence-corrected chi connectivity index (χ3v) is 2.57. The molecule has 0 unspecified atom stereocenters. The van der Waals surface area contributed by atoms with E-state index in [0.717, 1.165) is 5.56 Å². The molecule has 0 aliphatic rings. The zero-order chi connectivity index (χ0) is 13.7. The van der Waals surface area contributed by atoms with Crippen molar-refractivity contribution in [1.82, 2.24) is 20.2 Å². The molecule has 0 saturated heterocycles. The molecular weight excluding hydrogens is 249 g/mol. The second kappa shape index (κ2) is 6.05. The maximum atomic E-state index is 12.3. The minimum atomic E-state index is 0.137. The number of hydrogen-bond donors (Lipinski definition) is 1. The van der Waals surface area contributed by atoms with Crippen LogP contribution in [0.25, 0.3) is 11.4 Å². The van der Waals surface area contributed by atoms with Gasteiger partial charge in [-0.15, -0.1) is 5.10 Å². The molecule has 2 aromatic rings. The van der Waals surface area contributed by atoms with Crippen LogP contribution in [0.1, 0.15) is 0 Å². The van der Waals surface area contributed by atoms with Crippen LogP contribution in [0.15, 0.2) is 36.2 Å². The summed E-state index contributed by atoms with van der Waals surface area (Å²) in [6, 6.07) is 7.22. The topological polar surface area (TPSA) is 78.8 Å². The molecule has 2 rings (SSSR count). The molecule has 0 fully saturated rings. The first-order chi connectivity index (χ1) is 9.24. The van der Waals surface area contributed by atoms with Crippen molar-refractivity contribution in [2.24, 2.45) is 12.8 Å². The van der Waals surface area contributed by atoms with E-state index < -0.39 is 0 Å². The lowest BCUT2D eigenvalue weighted by Crippen LogP contribution is -2.10. The molecule has 2 N–H and O–H groups in total. The molecule has 0 atom stereocenters. The van der Waals surface area contributed by atoms with Gasteiger partial charge < -0.3 is 10.5 Å². The highest BCUT2D eigenvalue weighted by molar-refractivity contribution is 5.55. The zero-order valence-electron chi connectivity index (χ0n) is 10.5. The number of aryl methyl sites for hydroxylation is 1. The Bertz CT molecular complexity index is 564. The van der Waals surface area contributed by atoms with Crippen molar-refractivity contribution >= 4 is 0 Å². The highest BCUT2D eigenvalue weighted by Gasteiger charge is 2.05. The average molecular weight is 263 g/mol. The Balaban J connectivity index is 2.05. The van der Waals surface area contributed by atoms with Crippen molar-refractivity contribution in [2.45, 2.75) is 0 Å². The minimum Gasteiger partial charge on any atom is -0.489 e. The van der Waals surface area contributed by atoms with Crippen molar-refractivity contribution in [2.75, 3.05) is 13.2 Å². The molecule has 0 amide bonds. The summed E-state index contributed by atoms with van der Waals surface area (Å²) in [5.74, 6) is 1.30. The first kappa shape index (κ1) is 13.2. The van der Waals surface area contributed by atoms with E-state index >= 15 is 0 Å². The quantitative estimate of drug-likeness (QED) is 0.872. The number of aromatic nitrogens is 4. The number of nitrogens with two attached hydrogens (primary N) is 1. The van der Waals surface area contributed by atoms with E-state index in [-0.39, 0.29) is 13.2 Å². The van der Waals surface area contributed by atoms with Gasteiger partial charge in [-0.25, -0.2) is 9.07 Å². The highest BCUT2D eigenvalue weighted by Crippen LogP contribution is 2.19. The van der Waals surface area contributed by atoms with Gasteiger partial charge in [0.1, 0.15) is 12.4 Å². The summed E-state index contributed by atoms with van der Waals surface area (Å²) in [6.07, 6.45) is 0.472. The Kier molecular flexibility index (Phi) is 4.19. The van der Waals surface area contributed by atoms with E-state index in [1.54, 1.807) is 23.9 Å². The van der Waals surface area contributed by atoms with Crippen LogP contribution in [-0.2, 0) is 7.05 Å². The second-order valence-corrected chi connectivity index (χ2v) is 3.91. The van der Waals surface area contributed by atoms with Crippen LogP contribution in [0.5, 0.6) is 5.75 Å². The first-order valence-electron chi connectivity index (χ1n) is 5.68. The Hall–Kier alpha value is -2.28. The van der Waals surface area contributed by atoms with Crippen molar-refractivity contribution < 1.29 is 9.13 Å². The maximum Gasteiger partial charge on any atom is 0.181 e. The van der Waals surface area contributed by atoms with Gasteiger partial charge in [0.25, 0.3) is 0 Å². The third-order valence-electron chi connectivity index (χ3n) is 2.57. The first-order valence-corrected chi connectivity index (χ1v) is 5.68. The summed E-state index contributed by atoms with van der Waals surface area (Å²) in [4.78, 5) is 0. The molecule has 1 aromatic carbocycles. The van der Waals surface area contributed by atoms with E-state index in [9.17, 15) is 4.39 Å². The van der Waals surface area contributed by atoms with Crippen LogP contribution in [0.3, 0.4) is 0 Å². The maximum absolute atomic E-state index is 12.3. The fraction of sp³-hybridized carbons (Fsp3) is 0.250. The smallest absolute Gasteiger partial charge is 0.181 e. The second-order valence-electron chi connectivity index (χ2n) is 3.91. The van der Waals surface area contributed by atoms with Crippen LogP contribution in [-0.4, -0.2) is 33.4 Å². The van der Waals surface area contributed by atoms with Crippen LogP contribution >= 0.6 is 0 Å². The van der Waals surface area contributed by atoms with Crippen molar-refractivity contribution in [3.05, 3.63) is 36.2 Å². The van der Waals surface area contributed by atoms with Gasteiger partial charge >= 0.3 is 0 Å². The zero-order valence-corrected chi connectivity index (χ0v) is 10.5. The SMILES string of the molecule is Cn1nnnc1-c1ccc(OC/C(=C/F)CN)cc1. The summed E-state index contributed by atoms with van der Waals surface area (Å²) < 4.78 is 19.3. The molecule has 100 valence electrons. The van der Waals surface area contributed by atoms with E-state index in [0.29, 0.717) is 23.5 Å². The highest BCUT2D eigenvalue weighted by atomic mass is 19.1. The lowest BCUT2D eigenvalue weighted by Gasteiger charge is -2.07. The number of ether oxygens (including phenoxy) is 1. The predicted octanol–water partition coefficient (Wildman–Crippen LogP) is 1.07. The van der Waals surface area contributed by atoms with Crippen molar-refractivity contribution in [3.63, 3.8) is 0 Å². The molecule has 7 heteroatoms. The number of rotatable bonds is 5. The molecule has 0 bridgehead atoms. The lowest BCUT2D eigenvalue weighted by molar-refractivity contribution is 0.347. The van der Waals surface area contributed by atoms with Gasteiger partial charge in [-0.3, -0.25) is 0 Å². The van der Waals surface area contributed by atoms with E-state index in [1.165, 1.54) is 0 Å². The fourth-order valence-corrected chi connectivity index (χ4v) is 1.49. The summed E-state index contributed by atoms with van der Waals surface area (Å²) in [7, 11) is 1.76. The van der Waals surface area contributed by atoms with Crippen molar-refractivity contribution in [1.29, 1.82) is 0 Å². The van der Waals surface area contributed by atoms with Crippen LogP contribution in [0, 0.1) is 0 Å². The van der Waals surface area contributed by atoms with Gasteiger partial charge in [-0.1, -0.05) is 0 Å². The molecule has 0 aliphatic heterocycles. The summed E-state index contributed by atoms with van der Waals surface area (Å²) >= 11 is 0. The molecule has 1 aromatic heterocycles. The summed E-state index contributed by atoms with van der Waals surface area (Å²) in [5.41, 5.74) is 6.62. The molecule has 0 radical (unpaired) electrons. The Labute approximate surface area is 109 Å².